The first-order valence-electron chi connectivity index (χ1n) is 5.69. The van der Waals surface area contributed by atoms with Gasteiger partial charge in [-0.15, -0.1) is 0 Å². The SMILES string of the molecule is CC(=O)N1CCC(NCC(=O)N(C)C)CC1. The molecule has 5 heteroatoms. The minimum Gasteiger partial charge on any atom is -0.348 e. The highest BCUT2D eigenvalue weighted by Crippen LogP contribution is 2.09. The van der Waals surface area contributed by atoms with E-state index in [2.05, 4.69) is 5.32 Å². The van der Waals surface area contributed by atoms with Crippen molar-refractivity contribution in [2.75, 3.05) is 33.7 Å². The maximum Gasteiger partial charge on any atom is 0.236 e. The molecular weight excluding hydrogens is 206 g/mol. The molecule has 92 valence electrons. The summed E-state index contributed by atoms with van der Waals surface area (Å²) in [6, 6.07) is 0.361. The van der Waals surface area contributed by atoms with Crippen LogP contribution in [0.25, 0.3) is 0 Å². The lowest BCUT2D eigenvalue weighted by Crippen LogP contribution is -2.46. The summed E-state index contributed by atoms with van der Waals surface area (Å²) >= 11 is 0. The van der Waals surface area contributed by atoms with Crippen LogP contribution in [-0.4, -0.2) is 61.4 Å². The van der Waals surface area contributed by atoms with Crippen molar-refractivity contribution < 1.29 is 9.59 Å². The summed E-state index contributed by atoms with van der Waals surface area (Å²) in [5, 5.41) is 3.23. The van der Waals surface area contributed by atoms with Gasteiger partial charge in [0, 0.05) is 40.2 Å². The van der Waals surface area contributed by atoms with Crippen LogP contribution in [0.15, 0.2) is 0 Å². The zero-order valence-corrected chi connectivity index (χ0v) is 10.3. The molecule has 1 heterocycles. The fourth-order valence-electron chi connectivity index (χ4n) is 1.79. The third-order valence-corrected chi connectivity index (χ3v) is 2.98. The molecule has 0 aromatic carbocycles. The van der Waals surface area contributed by atoms with E-state index in [0.29, 0.717) is 12.6 Å². The molecule has 0 unspecified atom stereocenters. The van der Waals surface area contributed by atoms with Crippen molar-refractivity contribution >= 4 is 11.8 Å². The molecule has 1 saturated heterocycles. The van der Waals surface area contributed by atoms with E-state index in [4.69, 9.17) is 0 Å². The molecule has 16 heavy (non-hydrogen) atoms. The van der Waals surface area contributed by atoms with Crippen LogP contribution in [0.3, 0.4) is 0 Å². The summed E-state index contributed by atoms with van der Waals surface area (Å²) in [4.78, 5) is 25.9. The van der Waals surface area contributed by atoms with Crippen molar-refractivity contribution in [1.82, 2.24) is 15.1 Å². The summed E-state index contributed by atoms with van der Waals surface area (Å²) in [6.07, 6.45) is 1.86. The van der Waals surface area contributed by atoms with Crippen molar-refractivity contribution in [1.29, 1.82) is 0 Å². The quantitative estimate of drug-likeness (QED) is 0.718. The predicted octanol–water partition coefficient (Wildman–Crippen LogP) is -0.325. The fourth-order valence-corrected chi connectivity index (χ4v) is 1.79. The zero-order chi connectivity index (χ0) is 12.1. The largest absolute Gasteiger partial charge is 0.348 e. The number of amides is 2. The molecular formula is C11H21N3O2. The lowest BCUT2D eigenvalue weighted by molar-refractivity contribution is -0.130. The van der Waals surface area contributed by atoms with Gasteiger partial charge in [0.05, 0.1) is 6.54 Å². The average Bonchev–Trinajstić information content (AvgIpc) is 2.26. The molecule has 1 aliphatic heterocycles. The first-order valence-corrected chi connectivity index (χ1v) is 5.69. The highest BCUT2D eigenvalue weighted by molar-refractivity contribution is 5.77. The Morgan fingerprint density at radius 3 is 2.31 bits per heavy atom. The molecule has 0 atom stereocenters. The first kappa shape index (κ1) is 13.0. The van der Waals surface area contributed by atoms with Gasteiger partial charge in [-0.2, -0.15) is 0 Å². The number of carbonyl (C=O) groups is 2. The average molecular weight is 227 g/mol. The summed E-state index contributed by atoms with van der Waals surface area (Å²) in [7, 11) is 3.50. The Labute approximate surface area is 96.8 Å². The molecule has 1 fully saturated rings. The van der Waals surface area contributed by atoms with E-state index in [9.17, 15) is 9.59 Å². The number of rotatable bonds is 3. The Morgan fingerprint density at radius 2 is 1.88 bits per heavy atom. The Morgan fingerprint density at radius 1 is 1.31 bits per heavy atom. The smallest absolute Gasteiger partial charge is 0.236 e. The molecule has 1 rings (SSSR count). The van der Waals surface area contributed by atoms with Crippen LogP contribution in [0.2, 0.25) is 0 Å². The number of likely N-dealkylation sites (tertiary alicyclic amines) is 1. The highest BCUT2D eigenvalue weighted by atomic mass is 16.2. The zero-order valence-electron chi connectivity index (χ0n) is 10.3. The molecule has 0 aliphatic carbocycles. The van der Waals surface area contributed by atoms with E-state index >= 15 is 0 Å². The van der Waals surface area contributed by atoms with Crippen LogP contribution < -0.4 is 5.32 Å². The lowest BCUT2D eigenvalue weighted by Gasteiger charge is -2.31. The predicted molar refractivity (Wildman–Crippen MR) is 62.0 cm³/mol. The maximum atomic E-state index is 11.4. The highest BCUT2D eigenvalue weighted by Gasteiger charge is 2.20. The minimum atomic E-state index is 0.0917. The molecule has 0 aromatic heterocycles. The molecule has 0 aromatic rings. The number of hydrogen-bond donors (Lipinski definition) is 1. The van der Waals surface area contributed by atoms with E-state index in [1.807, 2.05) is 4.90 Å². The van der Waals surface area contributed by atoms with Gasteiger partial charge in [0.25, 0.3) is 0 Å². The van der Waals surface area contributed by atoms with E-state index in [1.165, 1.54) is 0 Å². The second kappa shape index (κ2) is 5.84. The van der Waals surface area contributed by atoms with Crippen molar-refractivity contribution in [2.24, 2.45) is 0 Å². The van der Waals surface area contributed by atoms with Crippen LogP contribution in [0.5, 0.6) is 0 Å². The fraction of sp³-hybridized carbons (Fsp3) is 0.818. The van der Waals surface area contributed by atoms with Crippen molar-refractivity contribution in [3.63, 3.8) is 0 Å². The molecule has 1 N–H and O–H groups in total. The van der Waals surface area contributed by atoms with E-state index in [-0.39, 0.29) is 11.8 Å². The third kappa shape index (κ3) is 3.81. The lowest BCUT2D eigenvalue weighted by atomic mass is 10.1. The standard InChI is InChI=1S/C11H21N3O2/c1-9(15)14-6-4-10(5-7-14)12-8-11(16)13(2)3/h10,12H,4-8H2,1-3H3. The van der Waals surface area contributed by atoms with Gasteiger partial charge in [-0.1, -0.05) is 0 Å². The van der Waals surface area contributed by atoms with Gasteiger partial charge in [-0.05, 0) is 12.8 Å². The van der Waals surface area contributed by atoms with E-state index < -0.39 is 0 Å². The van der Waals surface area contributed by atoms with E-state index in [0.717, 1.165) is 25.9 Å². The van der Waals surface area contributed by atoms with Crippen LogP contribution >= 0.6 is 0 Å². The summed E-state index contributed by atoms with van der Waals surface area (Å²) in [5.41, 5.74) is 0. The molecule has 0 spiro atoms. The maximum absolute atomic E-state index is 11.4. The summed E-state index contributed by atoms with van der Waals surface area (Å²) in [5.74, 6) is 0.233. The molecule has 0 bridgehead atoms. The number of hydrogen-bond acceptors (Lipinski definition) is 3. The van der Waals surface area contributed by atoms with Gasteiger partial charge in [0.1, 0.15) is 0 Å². The molecule has 2 amide bonds. The Bertz CT molecular complexity index is 258. The number of nitrogens with zero attached hydrogens (tertiary/aromatic N) is 2. The van der Waals surface area contributed by atoms with Crippen LogP contribution in [0.4, 0.5) is 0 Å². The topological polar surface area (TPSA) is 52.7 Å². The number of piperidine rings is 1. The van der Waals surface area contributed by atoms with Gasteiger partial charge in [0.15, 0.2) is 0 Å². The third-order valence-electron chi connectivity index (χ3n) is 2.98. The Hall–Kier alpha value is -1.10. The number of likely N-dealkylation sites (N-methyl/N-ethyl adjacent to an activating group) is 1. The van der Waals surface area contributed by atoms with Crippen molar-refractivity contribution in [3.05, 3.63) is 0 Å². The number of carbonyl (C=O) groups excluding carboxylic acids is 2. The van der Waals surface area contributed by atoms with Gasteiger partial charge in [0.2, 0.25) is 11.8 Å². The number of nitrogens with one attached hydrogen (secondary N) is 1. The summed E-state index contributed by atoms with van der Waals surface area (Å²) < 4.78 is 0. The second-order valence-corrected chi connectivity index (χ2v) is 4.45. The minimum absolute atomic E-state index is 0.0917. The second-order valence-electron chi connectivity index (χ2n) is 4.45. The summed E-state index contributed by atoms with van der Waals surface area (Å²) in [6.45, 7) is 3.58. The van der Waals surface area contributed by atoms with Crippen LogP contribution in [0, 0.1) is 0 Å². The van der Waals surface area contributed by atoms with Gasteiger partial charge >= 0.3 is 0 Å². The first-order chi connectivity index (χ1) is 7.50. The van der Waals surface area contributed by atoms with Gasteiger partial charge in [-0.25, -0.2) is 0 Å². The van der Waals surface area contributed by atoms with Crippen molar-refractivity contribution in [2.45, 2.75) is 25.8 Å². The monoisotopic (exact) mass is 227 g/mol. The molecule has 0 radical (unpaired) electrons. The van der Waals surface area contributed by atoms with Crippen LogP contribution in [0.1, 0.15) is 19.8 Å². The van der Waals surface area contributed by atoms with Crippen LogP contribution in [-0.2, 0) is 9.59 Å². The molecule has 1 aliphatic rings. The van der Waals surface area contributed by atoms with Crippen molar-refractivity contribution in [3.8, 4) is 0 Å². The van der Waals surface area contributed by atoms with Gasteiger partial charge < -0.3 is 15.1 Å². The van der Waals surface area contributed by atoms with Gasteiger partial charge in [-0.3, -0.25) is 9.59 Å². The van der Waals surface area contributed by atoms with E-state index in [1.54, 1.807) is 25.9 Å². The Balaban J connectivity index is 2.22. The molecule has 5 nitrogen and oxygen atoms in total. The Kier molecular flexibility index (Phi) is 4.73. The normalized spacial score (nSPS) is 17.3. The molecule has 0 saturated carbocycles.